The molecule has 4 rings (SSSR count). The zero-order valence-corrected chi connectivity index (χ0v) is 15.9. The lowest BCUT2D eigenvalue weighted by Crippen LogP contribution is -2.42. The molecule has 0 spiro atoms. The molecule has 2 aromatic carbocycles. The molecule has 0 saturated carbocycles. The van der Waals surface area contributed by atoms with Crippen molar-refractivity contribution in [1.29, 1.82) is 0 Å². The lowest BCUT2D eigenvalue weighted by molar-refractivity contribution is 0.185. The maximum atomic E-state index is 13.4. The standard InChI is InChI=1S/C21H21FN4O3/c1-25-12-16(11-23-25)20(14-2-5-17(22)6-3-14)24-21(28)26-8-9-29-19-10-18(27)7-4-15(19)13-26/h2-7,10-12,20,27H,8-9,13H2,1H3,(H,24,28). The predicted octanol–water partition coefficient (Wildman–Crippen LogP) is 2.96. The molecule has 7 nitrogen and oxygen atoms in total. The van der Waals surface area contributed by atoms with Gasteiger partial charge in [0.25, 0.3) is 0 Å². The van der Waals surface area contributed by atoms with Crippen LogP contribution in [-0.2, 0) is 13.6 Å². The van der Waals surface area contributed by atoms with E-state index in [2.05, 4.69) is 10.4 Å². The zero-order valence-electron chi connectivity index (χ0n) is 15.9. The van der Waals surface area contributed by atoms with Crippen molar-refractivity contribution < 1.29 is 19.0 Å². The second kappa shape index (κ2) is 7.83. The van der Waals surface area contributed by atoms with Gasteiger partial charge in [0.05, 0.1) is 25.3 Å². The first-order chi connectivity index (χ1) is 14.0. The van der Waals surface area contributed by atoms with Crippen LogP contribution in [0, 0.1) is 5.82 Å². The normalized spacial score (nSPS) is 14.5. The van der Waals surface area contributed by atoms with Gasteiger partial charge in [-0.2, -0.15) is 5.10 Å². The fraction of sp³-hybridized carbons (Fsp3) is 0.238. The summed E-state index contributed by atoms with van der Waals surface area (Å²) in [5.41, 5.74) is 2.36. The van der Waals surface area contributed by atoms with Crippen molar-refractivity contribution in [2.75, 3.05) is 13.2 Å². The number of phenols is 1. The average molecular weight is 396 g/mol. The van der Waals surface area contributed by atoms with Gasteiger partial charge in [-0.15, -0.1) is 0 Å². The summed E-state index contributed by atoms with van der Waals surface area (Å²) in [4.78, 5) is 14.7. The van der Waals surface area contributed by atoms with Gasteiger partial charge >= 0.3 is 6.03 Å². The number of phenolic OH excluding ortho intramolecular Hbond substituents is 1. The SMILES string of the molecule is Cn1cc(C(NC(=O)N2CCOc3cc(O)ccc3C2)c2ccc(F)cc2)cn1. The summed E-state index contributed by atoms with van der Waals surface area (Å²) >= 11 is 0. The summed E-state index contributed by atoms with van der Waals surface area (Å²) in [7, 11) is 1.80. The third-order valence-corrected chi connectivity index (χ3v) is 4.85. The second-order valence-corrected chi connectivity index (χ2v) is 6.94. The molecule has 1 aliphatic heterocycles. The van der Waals surface area contributed by atoms with Crippen LogP contribution in [0.1, 0.15) is 22.7 Å². The highest BCUT2D eigenvalue weighted by atomic mass is 19.1. The molecule has 2 heterocycles. The first-order valence-electron chi connectivity index (χ1n) is 9.24. The number of nitrogens with zero attached hydrogens (tertiary/aromatic N) is 3. The molecule has 2 amide bonds. The quantitative estimate of drug-likeness (QED) is 0.713. The molecule has 0 radical (unpaired) electrons. The molecule has 1 aliphatic rings. The Morgan fingerprint density at radius 1 is 1.24 bits per heavy atom. The first kappa shape index (κ1) is 18.8. The van der Waals surface area contributed by atoms with Crippen molar-refractivity contribution in [3.05, 3.63) is 77.4 Å². The van der Waals surface area contributed by atoms with Crippen molar-refractivity contribution in [1.82, 2.24) is 20.0 Å². The Labute approximate surface area is 167 Å². The lowest BCUT2D eigenvalue weighted by atomic mass is 10.0. The first-order valence-corrected chi connectivity index (χ1v) is 9.24. The summed E-state index contributed by atoms with van der Waals surface area (Å²) < 4.78 is 20.7. The van der Waals surface area contributed by atoms with Crippen molar-refractivity contribution in [3.63, 3.8) is 0 Å². The Balaban J connectivity index is 1.57. The molecule has 150 valence electrons. The number of benzene rings is 2. The van der Waals surface area contributed by atoms with Crippen molar-refractivity contribution >= 4 is 6.03 Å². The van der Waals surface area contributed by atoms with E-state index >= 15 is 0 Å². The number of rotatable bonds is 3. The van der Waals surface area contributed by atoms with Crippen LogP contribution in [0.4, 0.5) is 9.18 Å². The van der Waals surface area contributed by atoms with Crippen LogP contribution in [-0.4, -0.2) is 39.0 Å². The number of hydrogen-bond donors (Lipinski definition) is 2. The van der Waals surface area contributed by atoms with Crippen LogP contribution in [0.15, 0.2) is 54.9 Å². The zero-order chi connectivity index (χ0) is 20.4. The molecule has 0 aliphatic carbocycles. The van der Waals surface area contributed by atoms with Crippen molar-refractivity contribution in [3.8, 4) is 11.5 Å². The van der Waals surface area contributed by atoms with Gasteiger partial charge in [-0.1, -0.05) is 12.1 Å². The number of aromatic nitrogens is 2. The summed E-state index contributed by atoms with van der Waals surface area (Å²) in [6, 6.07) is 10.2. The molecule has 1 unspecified atom stereocenters. The Kier molecular flexibility index (Phi) is 5.07. The van der Waals surface area contributed by atoms with E-state index in [-0.39, 0.29) is 17.6 Å². The highest BCUT2D eigenvalue weighted by molar-refractivity contribution is 5.75. The Hall–Kier alpha value is -3.55. The highest BCUT2D eigenvalue weighted by Gasteiger charge is 2.24. The number of urea groups is 1. The largest absolute Gasteiger partial charge is 0.508 e. The molecular weight excluding hydrogens is 375 g/mol. The topological polar surface area (TPSA) is 79.6 Å². The van der Waals surface area contributed by atoms with Crippen molar-refractivity contribution in [2.45, 2.75) is 12.6 Å². The van der Waals surface area contributed by atoms with Gasteiger partial charge in [-0.3, -0.25) is 4.68 Å². The van der Waals surface area contributed by atoms with E-state index in [1.54, 1.807) is 53.2 Å². The molecule has 3 aromatic rings. The molecule has 0 bridgehead atoms. The van der Waals surface area contributed by atoms with Gasteiger partial charge in [-0.05, 0) is 29.8 Å². The van der Waals surface area contributed by atoms with E-state index in [4.69, 9.17) is 4.74 Å². The molecule has 8 heteroatoms. The van der Waals surface area contributed by atoms with Gasteiger partial charge in [0.2, 0.25) is 0 Å². The summed E-state index contributed by atoms with van der Waals surface area (Å²) in [5, 5.41) is 16.9. The summed E-state index contributed by atoms with van der Waals surface area (Å²) in [6.45, 7) is 1.06. The van der Waals surface area contributed by atoms with E-state index in [9.17, 15) is 14.3 Å². The van der Waals surface area contributed by atoms with Gasteiger partial charge < -0.3 is 20.1 Å². The summed E-state index contributed by atoms with van der Waals surface area (Å²) in [5.74, 6) is 0.354. The van der Waals surface area contributed by atoms with Gasteiger partial charge in [-0.25, -0.2) is 9.18 Å². The van der Waals surface area contributed by atoms with E-state index in [1.807, 2.05) is 6.20 Å². The molecule has 0 saturated heterocycles. The highest BCUT2D eigenvalue weighted by Crippen LogP contribution is 2.28. The molecule has 1 aromatic heterocycles. The third-order valence-electron chi connectivity index (χ3n) is 4.85. The van der Waals surface area contributed by atoms with E-state index in [1.165, 1.54) is 12.1 Å². The number of aromatic hydroxyl groups is 1. The number of carbonyl (C=O) groups excluding carboxylic acids is 1. The predicted molar refractivity (Wildman–Crippen MR) is 104 cm³/mol. The van der Waals surface area contributed by atoms with Crippen LogP contribution in [0.3, 0.4) is 0 Å². The number of ether oxygens (including phenoxy) is 1. The minimum absolute atomic E-state index is 0.120. The van der Waals surface area contributed by atoms with Crippen LogP contribution < -0.4 is 10.1 Å². The third kappa shape index (κ3) is 4.16. The number of aryl methyl sites for hydroxylation is 1. The lowest BCUT2D eigenvalue weighted by Gasteiger charge is -2.25. The molecule has 29 heavy (non-hydrogen) atoms. The number of hydrogen-bond acceptors (Lipinski definition) is 4. The molecule has 1 atom stereocenters. The number of fused-ring (bicyclic) bond motifs is 1. The maximum absolute atomic E-state index is 13.4. The average Bonchev–Trinajstić information content (AvgIpc) is 3.02. The number of halogens is 1. The fourth-order valence-corrected chi connectivity index (χ4v) is 3.35. The van der Waals surface area contributed by atoms with E-state index in [0.717, 1.165) is 16.7 Å². The second-order valence-electron chi connectivity index (χ2n) is 6.94. The van der Waals surface area contributed by atoms with E-state index < -0.39 is 6.04 Å². The van der Waals surface area contributed by atoms with E-state index in [0.29, 0.717) is 25.4 Å². The Bertz CT molecular complexity index is 1020. The number of carbonyl (C=O) groups is 1. The molecule has 2 N–H and O–H groups in total. The fourth-order valence-electron chi connectivity index (χ4n) is 3.35. The van der Waals surface area contributed by atoms with Crippen LogP contribution >= 0.6 is 0 Å². The monoisotopic (exact) mass is 396 g/mol. The number of amides is 2. The Morgan fingerprint density at radius 2 is 2.03 bits per heavy atom. The van der Waals surface area contributed by atoms with Gasteiger partial charge in [0.1, 0.15) is 23.9 Å². The van der Waals surface area contributed by atoms with Crippen LogP contribution in [0.2, 0.25) is 0 Å². The summed E-state index contributed by atoms with van der Waals surface area (Å²) in [6.07, 6.45) is 3.50. The minimum atomic E-state index is -0.472. The molecular formula is C21H21FN4O3. The molecule has 0 fully saturated rings. The van der Waals surface area contributed by atoms with Gasteiger partial charge in [0.15, 0.2) is 0 Å². The minimum Gasteiger partial charge on any atom is -0.508 e. The number of nitrogens with one attached hydrogen (secondary N) is 1. The Morgan fingerprint density at radius 3 is 2.76 bits per heavy atom. The maximum Gasteiger partial charge on any atom is 0.318 e. The smallest absolute Gasteiger partial charge is 0.318 e. The van der Waals surface area contributed by atoms with Gasteiger partial charge in [0, 0.05) is 30.4 Å². The van der Waals surface area contributed by atoms with Crippen LogP contribution in [0.25, 0.3) is 0 Å². The van der Waals surface area contributed by atoms with Crippen LogP contribution in [0.5, 0.6) is 11.5 Å². The van der Waals surface area contributed by atoms with Crippen molar-refractivity contribution in [2.24, 2.45) is 7.05 Å².